The molecule has 134 valence electrons. The largest absolute Gasteiger partial charge is 0.335 e. The molecule has 1 aromatic carbocycles. The van der Waals surface area contributed by atoms with Gasteiger partial charge in [0, 0.05) is 38.8 Å². The summed E-state index contributed by atoms with van der Waals surface area (Å²) in [5.74, 6) is 0.0536. The monoisotopic (exact) mass is 354 g/mol. The minimum atomic E-state index is -3.64. The van der Waals surface area contributed by atoms with Crippen molar-refractivity contribution in [2.75, 3.05) is 32.7 Å². The zero-order valence-electron chi connectivity index (χ0n) is 14.3. The van der Waals surface area contributed by atoms with E-state index in [1.165, 1.54) is 4.31 Å². The van der Waals surface area contributed by atoms with E-state index in [0.29, 0.717) is 39.3 Å². The molecule has 0 atom stereocenters. The maximum atomic E-state index is 12.7. The van der Waals surface area contributed by atoms with Crippen molar-refractivity contribution in [3.05, 3.63) is 35.9 Å². The second kappa shape index (κ2) is 8.06. The first-order valence-electron chi connectivity index (χ1n) is 8.11. The van der Waals surface area contributed by atoms with Gasteiger partial charge in [0.1, 0.15) is 0 Å². The summed E-state index contributed by atoms with van der Waals surface area (Å²) in [6.07, 6.45) is 0. The van der Waals surface area contributed by atoms with Crippen LogP contribution in [0.15, 0.2) is 30.3 Å². The van der Waals surface area contributed by atoms with E-state index in [2.05, 4.69) is 0 Å². The molecule has 0 saturated carbocycles. The molecule has 0 bridgehead atoms. The fourth-order valence-electron chi connectivity index (χ4n) is 2.76. The van der Waals surface area contributed by atoms with Gasteiger partial charge < -0.3 is 4.90 Å². The van der Waals surface area contributed by atoms with Crippen molar-refractivity contribution >= 4 is 16.1 Å². The SMILES string of the molecule is CC(C)N(Cc1ccccc1)C(=O)CN1CCN(S(N)(=O)=O)CC1. The number of carbonyl (C=O) groups excluding carboxylic acids is 1. The number of hydrogen-bond donors (Lipinski definition) is 1. The van der Waals surface area contributed by atoms with Gasteiger partial charge in [-0.05, 0) is 19.4 Å². The molecular formula is C16H26N4O3S. The van der Waals surface area contributed by atoms with E-state index in [-0.39, 0.29) is 11.9 Å². The fourth-order valence-corrected chi connectivity index (χ4v) is 3.44. The van der Waals surface area contributed by atoms with Gasteiger partial charge in [0.05, 0.1) is 6.54 Å². The molecule has 0 aliphatic carbocycles. The molecule has 2 rings (SSSR count). The van der Waals surface area contributed by atoms with Crippen molar-refractivity contribution in [2.45, 2.75) is 26.4 Å². The Morgan fingerprint density at radius 1 is 1.17 bits per heavy atom. The van der Waals surface area contributed by atoms with Crippen molar-refractivity contribution in [3.63, 3.8) is 0 Å². The van der Waals surface area contributed by atoms with Crippen LogP contribution in [0.25, 0.3) is 0 Å². The van der Waals surface area contributed by atoms with Crippen molar-refractivity contribution < 1.29 is 13.2 Å². The first-order valence-corrected chi connectivity index (χ1v) is 9.61. The van der Waals surface area contributed by atoms with E-state index in [4.69, 9.17) is 5.14 Å². The van der Waals surface area contributed by atoms with Gasteiger partial charge in [-0.15, -0.1) is 0 Å². The highest BCUT2D eigenvalue weighted by Gasteiger charge is 2.26. The standard InChI is InChI=1S/C16H26N4O3S/c1-14(2)20(12-15-6-4-3-5-7-15)16(21)13-18-8-10-19(11-9-18)24(17,22)23/h3-7,14H,8-13H2,1-2H3,(H2,17,22,23). The number of nitrogens with two attached hydrogens (primary N) is 1. The molecule has 8 heteroatoms. The molecule has 0 unspecified atom stereocenters. The van der Waals surface area contributed by atoms with Gasteiger partial charge in [0.2, 0.25) is 5.91 Å². The molecule has 1 saturated heterocycles. The number of rotatable bonds is 6. The summed E-state index contributed by atoms with van der Waals surface area (Å²) < 4.78 is 23.9. The Labute approximate surface area is 144 Å². The van der Waals surface area contributed by atoms with Crippen LogP contribution in [-0.4, -0.2) is 67.2 Å². The van der Waals surface area contributed by atoms with Crippen LogP contribution in [0.5, 0.6) is 0 Å². The average molecular weight is 354 g/mol. The molecule has 1 aliphatic rings. The predicted octanol–water partition coefficient (Wildman–Crippen LogP) is 0.245. The highest BCUT2D eigenvalue weighted by atomic mass is 32.2. The molecule has 1 amide bonds. The van der Waals surface area contributed by atoms with E-state index in [0.717, 1.165) is 5.56 Å². The predicted molar refractivity (Wildman–Crippen MR) is 93.2 cm³/mol. The average Bonchev–Trinajstić information content (AvgIpc) is 2.53. The molecular weight excluding hydrogens is 328 g/mol. The van der Waals surface area contributed by atoms with Crippen molar-refractivity contribution in [3.8, 4) is 0 Å². The van der Waals surface area contributed by atoms with E-state index >= 15 is 0 Å². The summed E-state index contributed by atoms with van der Waals surface area (Å²) in [4.78, 5) is 16.5. The van der Waals surface area contributed by atoms with Crippen LogP contribution in [0.2, 0.25) is 0 Å². The number of benzene rings is 1. The highest BCUT2D eigenvalue weighted by Crippen LogP contribution is 2.11. The number of amides is 1. The van der Waals surface area contributed by atoms with Crippen LogP contribution >= 0.6 is 0 Å². The topological polar surface area (TPSA) is 86.9 Å². The summed E-state index contributed by atoms with van der Waals surface area (Å²) in [6, 6.07) is 10.00. The molecule has 2 N–H and O–H groups in total. The molecule has 1 fully saturated rings. The smallest absolute Gasteiger partial charge is 0.276 e. The maximum Gasteiger partial charge on any atom is 0.276 e. The minimum Gasteiger partial charge on any atom is -0.335 e. The first kappa shape index (κ1) is 18.9. The van der Waals surface area contributed by atoms with E-state index in [9.17, 15) is 13.2 Å². The second-order valence-corrected chi connectivity index (χ2v) is 7.87. The second-order valence-electron chi connectivity index (χ2n) is 6.32. The van der Waals surface area contributed by atoms with E-state index < -0.39 is 10.2 Å². The Balaban J connectivity index is 1.92. The third kappa shape index (κ3) is 5.27. The highest BCUT2D eigenvalue weighted by molar-refractivity contribution is 7.86. The van der Waals surface area contributed by atoms with Gasteiger partial charge in [-0.1, -0.05) is 30.3 Å². The normalized spacial score (nSPS) is 17.2. The van der Waals surface area contributed by atoms with Crippen LogP contribution in [-0.2, 0) is 21.5 Å². The van der Waals surface area contributed by atoms with Crippen molar-refractivity contribution in [1.29, 1.82) is 0 Å². The summed E-state index contributed by atoms with van der Waals surface area (Å²) in [7, 11) is -3.64. The third-order valence-corrected chi connectivity index (χ3v) is 5.27. The Bertz CT molecular complexity index is 641. The molecule has 0 radical (unpaired) electrons. The van der Waals surface area contributed by atoms with Gasteiger partial charge >= 0.3 is 0 Å². The van der Waals surface area contributed by atoms with E-state index in [1.807, 2.05) is 54.0 Å². The molecule has 24 heavy (non-hydrogen) atoms. The molecule has 0 spiro atoms. The van der Waals surface area contributed by atoms with Crippen molar-refractivity contribution in [1.82, 2.24) is 14.1 Å². The number of hydrogen-bond acceptors (Lipinski definition) is 4. The number of carbonyl (C=O) groups is 1. The summed E-state index contributed by atoms with van der Waals surface area (Å²) in [6.45, 7) is 6.55. The fraction of sp³-hybridized carbons (Fsp3) is 0.562. The molecule has 0 aromatic heterocycles. The minimum absolute atomic E-state index is 0.0536. The Morgan fingerprint density at radius 3 is 2.25 bits per heavy atom. The lowest BCUT2D eigenvalue weighted by Gasteiger charge is -2.34. The number of nitrogens with zero attached hydrogens (tertiary/aromatic N) is 3. The lowest BCUT2D eigenvalue weighted by atomic mass is 10.2. The van der Waals surface area contributed by atoms with Crippen LogP contribution in [0, 0.1) is 0 Å². The maximum absolute atomic E-state index is 12.7. The Kier molecular flexibility index (Phi) is 6.34. The quantitative estimate of drug-likeness (QED) is 0.793. The first-order chi connectivity index (χ1) is 11.3. The lowest BCUT2D eigenvalue weighted by molar-refractivity contribution is -0.135. The van der Waals surface area contributed by atoms with Gasteiger partial charge in [-0.2, -0.15) is 12.7 Å². The van der Waals surface area contributed by atoms with Crippen molar-refractivity contribution in [2.24, 2.45) is 5.14 Å². The third-order valence-electron chi connectivity index (χ3n) is 4.19. The van der Waals surface area contributed by atoms with Crippen LogP contribution < -0.4 is 5.14 Å². The van der Waals surface area contributed by atoms with Crippen LogP contribution in [0.4, 0.5) is 0 Å². The zero-order chi connectivity index (χ0) is 17.7. The van der Waals surface area contributed by atoms with Crippen LogP contribution in [0.1, 0.15) is 19.4 Å². The molecule has 1 aromatic rings. The van der Waals surface area contributed by atoms with E-state index in [1.54, 1.807) is 0 Å². The van der Waals surface area contributed by atoms with Gasteiger partial charge in [-0.25, -0.2) is 5.14 Å². The Hall–Kier alpha value is -1.48. The van der Waals surface area contributed by atoms with Crippen LogP contribution in [0.3, 0.4) is 0 Å². The molecule has 1 heterocycles. The zero-order valence-corrected chi connectivity index (χ0v) is 15.1. The summed E-state index contributed by atoms with van der Waals surface area (Å²) in [5, 5.41) is 5.14. The van der Waals surface area contributed by atoms with Gasteiger partial charge in [0.15, 0.2) is 0 Å². The summed E-state index contributed by atoms with van der Waals surface area (Å²) in [5.41, 5.74) is 1.10. The summed E-state index contributed by atoms with van der Waals surface area (Å²) >= 11 is 0. The van der Waals surface area contributed by atoms with Gasteiger partial charge in [0.25, 0.3) is 10.2 Å². The lowest BCUT2D eigenvalue weighted by Crippen LogP contribution is -2.53. The van der Waals surface area contributed by atoms with Gasteiger partial charge in [-0.3, -0.25) is 9.69 Å². The molecule has 1 aliphatic heterocycles. The molecule has 7 nitrogen and oxygen atoms in total. The Morgan fingerprint density at radius 2 is 1.75 bits per heavy atom. The number of piperazine rings is 1.